The molecule has 262 valence electrons. The monoisotopic (exact) mass is 678 g/mol. The number of aryl methyl sites for hydroxylation is 1. The summed E-state index contributed by atoms with van der Waals surface area (Å²) in [7, 11) is -3.16. The average Bonchev–Trinajstić information content (AvgIpc) is 2.97. The van der Waals surface area contributed by atoms with Crippen molar-refractivity contribution in [3.05, 3.63) is 35.0 Å². The number of aromatic hydroxyl groups is 1. The van der Waals surface area contributed by atoms with E-state index in [1.54, 1.807) is 20.2 Å². The molecule has 18 nitrogen and oxygen atoms in total. The van der Waals surface area contributed by atoms with E-state index in [2.05, 4.69) is 20.1 Å². The Morgan fingerprint density at radius 1 is 1.13 bits per heavy atom. The van der Waals surface area contributed by atoms with E-state index in [9.17, 15) is 25.0 Å². The molecule has 0 bridgehead atoms. The van der Waals surface area contributed by atoms with E-state index < -0.39 is 81.2 Å². The number of nitrogens with one attached hydrogen (secondary N) is 2. The Labute approximate surface area is 266 Å². The van der Waals surface area contributed by atoms with Crippen LogP contribution in [0.3, 0.4) is 0 Å². The number of phosphoric acid groups is 1. The molecule has 0 aromatic carbocycles. The maximum atomic E-state index is 11.3. The molecular formula is C27H47N6O12P. The van der Waals surface area contributed by atoms with Gasteiger partial charge in [0.05, 0.1) is 31.0 Å². The predicted octanol–water partition coefficient (Wildman–Crippen LogP) is -2.65. The Morgan fingerprint density at radius 3 is 2.41 bits per heavy atom. The molecule has 19 heteroatoms. The molecule has 3 heterocycles. The molecule has 3 fully saturated rings. The van der Waals surface area contributed by atoms with Gasteiger partial charge in [-0.25, -0.2) is 4.57 Å². The molecule has 1 aromatic heterocycles. The number of ether oxygens (including phenoxy) is 4. The van der Waals surface area contributed by atoms with Gasteiger partial charge < -0.3 is 77.0 Å². The van der Waals surface area contributed by atoms with Crippen LogP contribution in [0.2, 0.25) is 0 Å². The molecule has 46 heavy (non-hydrogen) atoms. The van der Waals surface area contributed by atoms with E-state index in [0.717, 1.165) is 0 Å². The SMILES string of the molecule is CN[C@@H]1[C@@H](O)[C@@H](O[C@@H]2[C@@H](O)[C@H](O[C@H]3O/C(=C/NCc4c(COP(=O)(O)O)cnc(C)c4O)CC[C@H]3N)[C@@H](N)C[C@H]2N)OC[C@]1(C)O. The van der Waals surface area contributed by atoms with Gasteiger partial charge in [0, 0.05) is 48.6 Å². The van der Waals surface area contributed by atoms with Gasteiger partial charge in [-0.3, -0.25) is 9.51 Å². The number of aliphatic hydroxyl groups is 3. The second kappa shape index (κ2) is 15.0. The topological polar surface area (TPSA) is 300 Å². The number of allylic oxidation sites excluding steroid dienone is 1. The smallest absolute Gasteiger partial charge is 0.469 e. The average molecular weight is 679 g/mol. The first-order chi connectivity index (χ1) is 21.5. The van der Waals surface area contributed by atoms with Crippen LogP contribution in [0.25, 0.3) is 0 Å². The van der Waals surface area contributed by atoms with E-state index in [1.807, 2.05) is 0 Å². The molecule has 1 aromatic rings. The van der Waals surface area contributed by atoms with Crippen molar-refractivity contribution < 1.29 is 58.2 Å². The summed E-state index contributed by atoms with van der Waals surface area (Å²) in [6.07, 6.45) is -2.85. The van der Waals surface area contributed by atoms with Gasteiger partial charge >= 0.3 is 7.82 Å². The van der Waals surface area contributed by atoms with E-state index in [0.29, 0.717) is 29.9 Å². The number of nitrogens with two attached hydrogens (primary N) is 3. The minimum absolute atomic E-state index is 0.0432. The number of phosphoric ester groups is 1. The molecule has 2 aliphatic heterocycles. The lowest BCUT2D eigenvalue weighted by molar-refractivity contribution is -0.303. The molecule has 0 amide bonds. The zero-order valence-corrected chi connectivity index (χ0v) is 26.8. The van der Waals surface area contributed by atoms with Crippen LogP contribution in [0.1, 0.15) is 43.0 Å². The van der Waals surface area contributed by atoms with Crippen LogP contribution in [0.4, 0.5) is 0 Å². The molecule has 0 unspecified atom stereocenters. The second-order valence-electron chi connectivity index (χ2n) is 12.2. The van der Waals surface area contributed by atoms with Crippen LogP contribution in [0.15, 0.2) is 18.2 Å². The third-order valence-electron chi connectivity index (χ3n) is 8.49. The Balaban J connectivity index is 1.40. The fraction of sp³-hybridized carbons (Fsp3) is 0.741. The highest BCUT2D eigenvalue weighted by Gasteiger charge is 2.50. The van der Waals surface area contributed by atoms with Crippen molar-refractivity contribution in [2.75, 3.05) is 13.7 Å². The Morgan fingerprint density at radius 2 is 1.78 bits per heavy atom. The minimum Gasteiger partial charge on any atom is -0.506 e. The molecule has 3 aliphatic rings. The zero-order valence-electron chi connectivity index (χ0n) is 25.9. The van der Waals surface area contributed by atoms with Crippen molar-refractivity contribution in [3.63, 3.8) is 0 Å². The van der Waals surface area contributed by atoms with Gasteiger partial charge in [-0.15, -0.1) is 0 Å². The fourth-order valence-corrected chi connectivity index (χ4v) is 6.22. The fourth-order valence-electron chi connectivity index (χ4n) is 5.92. The highest BCUT2D eigenvalue weighted by molar-refractivity contribution is 7.46. The molecule has 14 N–H and O–H groups in total. The van der Waals surface area contributed by atoms with Gasteiger partial charge in [-0.1, -0.05) is 0 Å². The van der Waals surface area contributed by atoms with E-state index in [-0.39, 0.29) is 30.9 Å². The summed E-state index contributed by atoms with van der Waals surface area (Å²) < 4.78 is 39.4. The molecule has 0 radical (unpaired) electrons. The largest absolute Gasteiger partial charge is 0.506 e. The quantitative estimate of drug-likeness (QED) is 0.106. The van der Waals surface area contributed by atoms with Crippen molar-refractivity contribution in [1.82, 2.24) is 15.6 Å². The van der Waals surface area contributed by atoms with Gasteiger partial charge in [-0.2, -0.15) is 0 Å². The highest BCUT2D eigenvalue weighted by Crippen LogP contribution is 2.38. The van der Waals surface area contributed by atoms with E-state index in [4.69, 9.17) is 45.9 Å². The molecule has 0 spiro atoms. The molecule has 4 rings (SSSR count). The Bertz CT molecular complexity index is 1270. The van der Waals surface area contributed by atoms with Crippen molar-refractivity contribution in [2.45, 2.75) is 113 Å². The number of aromatic nitrogens is 1. The molecule has 1 saturated carbocycles. The lowest BCUT2D eigenvalue weighted by Crippen LogP contribution is -2.68. The number of nitrogens with zero attached hydrogens (tertiary/aromatic N) is 1. The van der Waals surface area contributed by atoms with Crippen molar-refractivity contribution in [2.24, 2.45) is 17.2 Å². The van der Waals surface area contributed by atoms with Crippen LogP contribution >= 0.6 is 7.82 Å². The van der Waals surface area contributed by atoms with Gasteiger partial charge in [0.1, 0.15) is 41.5 Å². The third-order valence-corrected chi connectivity index (χ3v) is 8.95. The van der Waals surface area contributed by atoms with Gasteiger partial charge in [0.25, 0.3) is 0 Å². The molecule has 2 saturated heterocycles. The van der Waals surface area contributed by atoms with Crippen molar-refractivity contribution in [1.29, 1.82) is 0 Å². The van der Waals surface area contributed by atoms with Crippen LogP contribution in [0.5, 0.6) is 5.75 Å². The molecular weight excluding hydrogens is 631 g/mol. The summed E-state index contributed by atoms with van der Waals surface area (Å²) in [5.74, 6) is 0.302. The lowest BCUT2D eigenvalue weighted by Gasteiger charge is -2.48. The van der Waals surface area contributed by atoms with Crippen LogP contribution < -0.4 is 27.8 Å². The van der Waals surface area contributed by atoms with Crippen molar-refractivity contribution >= 4 is 7.82 Å². The summed E-state index contributed by atoms with van der Waals surface area (Å²) in [6, 6.07) is -2.77. The summed E-state index contributed by atoms with van der Waals surface area (Å²) in [5, 5.41) is 49.1. The third kappa shape index (κ3) is 8.72. The Kier molecular flexibility index (Phi) is 12.0. The van der Waals surface area contributed by atoms with Gasteiger partial charge in [-0.05, 0) is 33.7 Å². The standard InChI is InChI=1S/C27H47N6O12P/c1-12-19(34)15(13(7-33-12)10-42-46(38,39)40)9-32-8-14-4-5-16(28)25(43-14)44-22-17(29)6-18(30)23(20(22)35)45-26-21(36)24(31-3)27(2,37)11-41-26/h7-8,16-18,20-26,31-32,34-37H,4-6,9-11,28-30H2,1-3H3,(H2,38,39,40)/b14-8+/t16-,17+,18-,20+,21-,22-,23+,24-,25-,26-,27+/m1/s1. The number of pyridine rings is 1. The first-order valence-electron chi connectivity index (χ1n) is 14.9. The molecule has 11 atom stereocenters. The Hall–Kier alpha value is -2.00. The predicted molar refractivity (Wildman–Crippen MR) is 160 cm³/mol. The van der Waals surface area contributed by atoms with Crippen molar-refractivity contribution in [3.8, 4) is 5.75 Å². The van der Waals surface area contributed by atoms with E-state index in [1.165, 1.54) is 13.1 Å². The summed E-state index contributed by atoms with van der Waals surface area (Å²) in [5.41, 5.74) is 18.5. The summed E-state index contributed by atoms with van der Waals surface area (Å²) >= 11 is 0. The maximum absolute atomic E-state index is 11.3. The maximum Gasteiger partial charge on any atom is 0.469 e. The first-order valence-corrected chi connectivity index (χ1v) is 16.5. The number of hydrogen-bond acceptors (Lipinski definition) is 16. The second-order valence-corrected chi connectivity index (χ2v) is 13.4. The van der Waals surface area contributed by atoms with Crippen LogP contribution in [-0.2, 0) is 41.2 Å². The minimum atomic E-state index is -4.75. The zero-order chi connectivity index (χ0) is 34.0. The van der Waals surface area contributed by atoms with Gasteiger partial charge in [0.2, 0.25) is 6.29 Å². The number of rotatable bonds is 11. The number of aliphatic hydroxyl groups excluding tert-OH is 2. The van der Waals surface area contributed by atoms with E-state index >= 15 is 0 Å². The number of hydrogen-bond donors (Lipinski definition) is 11. The van der Waals surface area contributed by atoms with Gasteiger partial charge in [0.15, 0.2) is 6.29 Å². The number of likely N-dealkylation sites (N-methyl/N-ethyl adjacent to an activating group) is 1. The summed E-state index contributed by atoms with van der Waals surface area (Å²) in [4.78, 5) is 22.1. The van der Waals surface area contributed by atoms with Crippen LogP contribution in [-0.4, -0.2) is 116 Å². The molecule has 1 aliphatic carbocycles. The van der Waals surface area contributed by atoms with Crippen LogP contribution in [0, 0.1) is 6.92 Å². The normalized spacial score (nSPS) is 38.0. The highest BCUT2D eigenvalue weighted by atomic mass is 31.2. The first kappa shape index (κ1) is 36.8. The summed E-state index contributed by atoms with van der Waals surface area (Å²) in [6.45, 7) is 2.55. The lowest BCUT2D eigenvalue weighted by atomic mass is 9.84.